The average molecular weight is 1810 g/mol. The molecule has 0 spiro atoms. The molecule has 0 saturated carbocycles. The summed E-state index contributed by atoms with van der Waals surface area (Å²) in [5.41, 5.74) is 48.0. The number of hydrogen-bond acceptors (Lipinski definition) is 6. The lowest BCUT2D eigenvalue weighted by Crippen LogP contribution is -2.62. The molecule has 0 aliphatic carbocycles. The van der Waals surface area contributed by atoms with E-state index in [1.165, 1.54) is 200 Å². The topological polar surface area (TPSA) is 19.4 Å². The smallest absolute Gasteiger partial charge is 0.252 e. The number of nitrogens with zero attached hydrogens (tertiary/aromatic N) is 6. The van der Waals surface area contributed by atoms with Gasteiger partial charge in [0.25, 0.3) is 20.1 Å². The summed E-state index contributed by atoms with van der Waals surface area (Å²) in [7, 11) is -3.57. The van der Waals surface area contributed by atoms with Crippen molar-refractivity contribution >= 4 is 198 Å². The highest BCUT2D eigenvalue weighted by molar-refractivity contribution is 7.02. The van der Waals surface area contributed by atoms with Crippen LogP contribution in [0.5, 0.6) is 0 Å². The Morgan fingerprint density at radius 2 is 0.390 bits per heavy atom. The van der Waals surface area contributed by atoms with Crippen LogP contribution in [0.2, 0.25) is 39.3 Å². The van der Waals surface area contributed by atoms with Crippen molar-refractivity contribution in [3.05, 3.63) is 364 Å². The van der Waals surface area contributed by atoms with E-state index in [2.05, 4.69) is 512 Å². The van der Waals surface area contributed by atoms with Gasteiger partial charge >= 0.3 is 0 Å². The van der Waals surface area contributed by atoms with Crippen LogP contribution in [0, 0.1) is 27.7 Å². The Kier molecular flexibility index (Phi) is 21.0. The summed E-state index contributed by atoms with van der Waals surface area (Å²) in [5, 5.41) is 2.87. The van der Waals surface area contributed by atoms with Crippen molar-refractivity contribution in [1.82, 2.24) is 0 Å². The average Bonchev–Trinajstić information content (AvgIpc) is 0.656. The van der Waals surface area contributed by atoms with Gasteiger partial charge in [-0.05, 0) is 287 Å². The van der Waals surface area contributed by atoms with Crippen molar-refractivity contribution in [2.24, 2.45) is 0 Å². The lowest BCUT2D eigenvalue weighted by atomic mass is 9.32. The van der Waals surface area contributed by atoms with Gasteiger partial charge in [0.1, 0.15) is 0 Å². The molecule has 0 N–H and O–H groups in total. The fourth-order valence-corrected chi connectivity index (χ4v) is 25.3. The van der Waals surface area contributed by atoms with Crippen molar-refractivity contribution in [2.75, 3.05) is 29.4 Å². The van der Waals surface area contributed by atoms with E-state index in [0.717, 1.165) is 34.1 Å². The van der Waals surface area contributed by atoms with Gasteiger partial charge in [0, 0.05) is 108 Å². The second-order valence-corrected chi connectivity index (χ2v) is 58.8. The molecule has 0 amide bonds. The molecule has 0 fully saturated rings. The first-order chi connectivity index (χ1) is 64.2. The van der Waals surface area contributed by atoms with Gasteiger partial charge in [-0.25, -0.2) is 0 Å². The van der Waals surface area contributed by atoms with Crippen LogP contribution >= 0.6 is 0 Å². The molecule has 6 aliphatic rings. The fraction of sp³-hybridized carbons (Fsp3) is 0.280. The molecule has 6 nitrogen and oxygen atoms in total. The third-order valence-electron chi connectivity index (χ3n) is 30.7. The highest BCUT2D eigenvalue weighted by Gasteiger charge is 2.53. The van der Waals surface area contributed by atoms with E-state index in [9.17, 15) is 0 Å². The highest BCUT2D eigenvalue weighted by atomic mass is 28.3. The van der Waals surface area contributed by atoms with Crippen LogP contribution in [-0.4, -0.2) is 36.3 Å². The number of fused-ring (bicyclic) bond motifs is 12. The molecule has 0 bridgehead atoms. The minimum Gasteiger partial charge on any atom is -0.311 e. The van der Waals surface area contributed by atoms with Crippen molar-refractivity contribution in [2.45, 2.75) is 230 Å². The summed E-state index contributed by atoms with van der Waals surface area (Å²) in [6, 6.07) is 119. The first-order valence-corrected chi connectivity index (χ1v) is 56.8. The first kappa shape index (κ1) is 90.2. The van der Waals surface area contributed by atoms with Crippen molar-refractivity contribution in [3.8, 4) is 0 Å². The molecule has 1 atom stereocenters. The Morgan fingerprint density at radius 3 is 0.632 bits per heavy atom. The maximum Gasteiger partial charge on any atom is 0.252 e. The zero-order valence-electron chi connectivity index (χ0n) is 85.7. The molecule has 0 radical (unpaired) electrons. The minimum atomic E-state index is -1.79. The van der Waals surface area contributed by atoms with Crippen molar-refractivity contribution < 1.29 is 0 Å². The van der Waals surface area contributed by atoms with E-state index in [-0.39, 0.29) is 52.6 Å². The third kappa shape index (κ3) is 14.9. The highest BCUT2D eigenvalue weighted by Crippen LogP contribution is 2.58. The van der Waals surface area contributed by atoms with Gasteiger partial charge in [-0.3, -0.25) is 0 Å². The zero-order valence-corrected chi connectivity index (χ0v) is 87.7. The predicted molar refractivity (Wildman–Crippen MR) is 599 cm³/mol. The molecule has 0 saturated heterocycles. The standard InChI is InChI=1S/C125H133B3N6Si2/c1-77-29-43-87(44-30-77)129-104-62-33-79(3)71-98(104)126-101-74-84(123(14,15)16)40-65-107(101)133(91-47-35-81(36-48-91)120(5,6)7)117-95(59-68-110(129)114(117)126)113(96-60-69-111-115-118(96)134(92-49-37-82(38-50-92)121(8,9)10)108-66-41-85(124(17,18)19)75-102(108)127(115)99-72-80(4)34-63-105(99)130(111)88-51-55-93(56-52-88)135(23,24)25)97-61-70-112-116-119(97)132(90-45-31-78(2)32-46-90)109-67-42-86(125(20,21)22)76-103(109)128(116)100-73-83(122(11,12)13)39-64-106(100)131(112)89-53-57-94(58-54-89)136(26,27)28/h29-76,113H,1-28H3. The molecule has 15 aromatic carbocycles. The van der Waals surface area contributed by atoms with Crippen LogP contribution in [0.3, 0.4) is 0 Å². The Balaban J connectivity index is 1.00. The molecular weight excluding hydrogens is 1670 g/mol. The SMILES string of the molecule is Cc1ccc(N2c3ccc(C)cc3B3c4cc(C(C)(C)C)ccc4N(c4ccc(C(C)(C)C)cc4)c4c(C(c5ccc6c7c5N(c5ccc(C(C)(C)C)cc5)c5ccc(C(C)(C)C)cc5B7c5cc(C)ccc5N6c5ccc([Si](C)(C)C)cc5)c5ccc6c7c5N(c5ccc(C)cc5)c5ccc(C(C)(C)C)cc5B7c5cc(C(C)(C)C)ccc5N6c5ccc([Si](C)(C)C)cc5)ccc2c43)cc1. The van der Waals surface area contributed by atoms with E-state index in [4.69, 9.17) is 0 Å². The molecule has 6 heterocycles. The second kappa shape index (κ2) is 31.6. The zero-order chi connectivity index (χ0) is 96.0. The molecule has 136 heavy (non-hydrogen) atoms. The second-order valence-electron chi connectivity index (χ2n) is 48.6. The van der Waals surface area contributed by atoms with Crippen LogP contribution in [0.25, 0.3) is 0 Å². The molecule has 680 valence electrons. The van der Waals surface area contributed by atoms with Crippen LogP contribution < -0.4 is 88.9 Å². The van der Waals surface area contributed by atoms with Crippen molar-refractivity contribution in [3.63, 3.8) is 0 Å². The van der Waals surface area contributed by atoms with Gasteiger partial charge in [-0.2, -0.15) is 0 Å². The predicted octanol–water partition coefficient (Wildman–Crippen LogP) is 27.2. The van der Waals surface area contributed by atoms with Crippen LogP contribution in [0.4, 0.5) is 102 Å². The molecular formula is C125H133B3N6Si2. The summed E-state index contributed by atoms with van der Waals surface area (Å²) >= 11 is 0. The lowest BCUT2D eigenvalue weighted by molar-refractivity contribution is 0.590. The van der Waals surface area contributed by atoms with Crippen LogP contribution in [0.1, 0.15) is 203 Å². The van der Waals surface area contributed by atoms with Crippen LogP contribution in [-0.2, 0) is 32.5 Å². The molecule has 21 rings (SSSR count). The summed E-state index contributed by atoms with van der Waals surface area (Å²) in [6.45, 7) is 66.2. The van der Waals surface area contributed by atoms with E-state index >= 15 is 0 Å². The summed E-state index contributed by atoms with van der Waals surface area (Å²) in [6.07, 6.45) is 0. The molecule has 6 aliphatic heterocycles. The van der Waals surface area contributed by atoms with Gasteiger partial charge in [0.15, 0.2) is 0 Å². The lowest BCUT2D eigenvalue weighted by Gasteiger charge is -2.49. The Labute approximate surface area is 815 Å². The van der Waals surface area contributed by atoms with Gasteiger partial charge < -0.3 is 29.4 Å². The summed E-state index contributed by atoms with van der Waals surface area (Å²) in [5.74, 6) is -0.591. The van der Waals surface area contributed by atoms with Gasteiger partial charge in [-0.15, -0.1) is 0 Å². The number of hydrogen-bond donors (Lipinski definition) is 0. The number of aryl methyl sites for hydroxylation is 4. The Bertz CT molecular complexity index is 7250. The maximum absolute atomic E-state index is 2.78. The van der Waals surface area contributed by atoms with E-state index < -0.39 is 22.1 Å². The van der Waals surface area contributed by atoms with E-state index in [1.807, 2.05) is 0 Å². The first-order valence-electron chi connectivity index (χ1n) is 49.8. The number of benzene rings is 15. The van der Waals surface area contributed by atoms with Gasteiger partial charge in [0.05, 0.1) is 16.1 Å². The Hall–Kier alpha value is -12.3. The van der Waals surface area contributed by atoms with E-state index in [1.54, 1.807) is 0 Å². The minimum absolute atomic E-state index is 0.128. The number of rotatable bonds is 11. The van der Waals surface area contributed by atoms with Gasteiger partial charge in [0.2, 0.25) is 0 Å². The monoisotopic (exact) mass is 1810 g/mol. The summed E-state index contributed by atoms with van der Waals surface area (Å²) in [4.78, 5) is 16.3. The fourth-order valence-electron chi connectivity index (χ4n) is 22.9. The third-order valence-corrected chi connectivity index (χ3v) is 34.8. The quantitative estimate of drug-likeness (QED) is 0.0943. The Morgan fingerprint density at radius 1 is 0.199 bits per heavy atom. The summed E-state index contributed by atoms with van der Waals surface area (Å²) < 4.78 is 0. The maximum atomic E-state index is 2.78. The van der Waals surface area contributed by atoms with Gasteiger partial charge in [-0.1, -0.05) is 360 Å². The van der Waals surface area contributed by atoms with E-state index in [0.29, 0.717) is 0 Å². The number of anilines is 18. The molecule has 15 aromatic rings. The molecule has 1 unspecified atom stereocenters. The molecule has 0 aromatic heterocycles. The van der Waals surface area contributed by atoms with Crippen molar-refractivity contribution in [1.29, 1.82) is 0 Å². The normalized spacial score (nSPS) is 14.6. The molecule has 11 heteroatoms. The van der Waals surface area contributed by atoms with Crippen LogP contribution in [0.15, 0.2) is 291 Å². The largest absolute Gasteiger partial charge is 0.311 e.